The molecule has 8 rings (SSSR count). The van der Waals surface area contributed by atoms with Crippen LogP contribution in [-0.4, -0.2) is 111 Å². The fourth-order valence-electron chi connectivity index (χ4n) is 10.5. The summed E-state index contributed by atoms with van der Waals surface area (Å²) < 4.78 is 70.6. The zero-order valence-electron chi connectivity index (χ0n) is 41.0. The van der Waals surface area contributed by atoms with Crippen LogP contribution in [0.1, 0.15) is 104 Å². The Labute approximate surface area is 395 Å². The van der Waals surface area contributed by atoms with Crippen LogP contribution in [-0.2, 0) is 66.9 Å². The van der Waals surface area contributed by atoms with E-state index in [0.29, 0.717) is 52.1 Å². The quantitative estimate of drug-likeness (QED) is 0.166. The Hall–Kier alpha value is -2.56. The van der Waals surface area contributed by atoms with Crippen molar-refractivity contribution >= 4 is 8.32 Å². The fourth-order valence-corrected chi connectivity index (χ4v) is 11.9. The average Bonchev–Trinajstić information content (AvgIpc) is 3.53. The van der Waals surface area contributed by atoms with Gasteiger partial charge in [-0.1, -0.05) is 119 Å². The van der Waals surface area contributed by atoms with E-state index in [1.807, 2.05) is 68.4 Å². The first-order valence-corrected chi connectivity index (χ1v) is 27.6. The van der Waals surface area contributed by atoms with Crippen LogP contribution in [0.15, 0.2) is 91.0 Å². The standard InChI is InChI=1S/C54H78O11Si/c1-36-25-44-43(59-48(31-55)47(26-36)65-66(8,9)52(2,3)4)30-51-54(7,64-44)50(58-34-39-23-17-12-18-24-39)29-42-41(61-51)28-46-45(62-53(5,6)63-46)27-40(57-33-38-21-15-11-16-22-38)49(60-42)35-56-32-37-19-13-10-14-20-37/h10-24,36,40-51,55H,25-35H2,1-9H3/t36-,40+,41-,42+,43-,44+,45-,46+,47-,48+,49-,50+,51+,54-/m0/s1. The maximum absolute atomic E-state index is 11.0. The molecule has 5 aliphatic heterocycles. The number of rotatable bonds is 13. The monoisotopic (exact) mass is 931 g/mol. The molecule has 3 aromatic carbocycles. The van der Waals surface area contributed by atoms with E-state index >= 15 is 0 Å². The highest BCUT2D eigenvalue weighted by Crippen LogP contribution is 2.48. The molecule has 11 nitrogen and oxygen atoms in total. The van der Waals surface area contributed by atoms with Gasteiger partial charge in [0.25, 0.3) is 0 Å². The molecule has 0 amide bonds. The number of aliphatic hydroxyl groups is 1. The van der Waals surface area contributed by atoms with Crippen molar-refractivity contribution in [2.45, 2.75) is 210 Å². The number of aliphatic hydroxyl groups excluding tert-OH is 1. The van der Waals surface area contributed by atoms with Gasteiger partial charge < -0.3 is 52.2 Å². The van der Waals surface area contributed by atoms with Crippen molar-refractivity contribution in [2.24, 2.45) is 5.92 Å². The summed E-state index contributed by atoms with van der Waals surface area (Å²) in [5.41, 5.74) is 2.36. The SMILES string of the molecule is C[C@@H]1C[C@H](O[Si](C)(C)C(C)(C)C)[C@@H](CO)O[C@H]2C[C@H]3O[C@H]4C[C@H]5OC(C)(C)O[C@H]5C[C@@H](OCc5ccccc5)[C@H](COCc5ccccc5)O[C@@H]4C[C@@H](OCc4ccccc4)[C@]3(C)O[C@@H]2C1. The highest BCUT2D eigenvalue weighted by Gasteiger charge is 2.59. The molecule has 0 saturated carbocycles. The molecule has 5 fully saturated rings. The number of fused-ring (bicyclic) bond motifs is 4. The predicted molar refractivity (Wildman–Crippen MR) is 255 cm³/mol. The minimum Gasteiger partial charge on any atom is -0.411 e. The van der Waals surface area contributed by atoms with E-state index in [-0.39, 0.29) is 48.1 Å². The Morgan fingerprint density at radius 2 is 1.12 bits per heavy atom. The van der Waals surface area contributed by atoms with E-state index in [1.54, 1.807) is 0 Å². The highest BCUT2D eigenvalue weighted by atomic mass is 28.4. The van der Waals surface area contributed by atoms with Crippen molar-refractivity contribution in [3.05, 3.63) is 108 Å². The lowest BCUT2D eigenvalue weighted by molar-refractivity contribution is -0.291. The summed E-state index contributed by atoms with van der Waals surface area (Å²) >= 11 is 0. The maximum Gasteiger partial charge on any atom is 0.192 e. The zero-order valence-corrected chi connectivity index (χ0v) is 42.0. The first-order chi connectivity index (χ1) is 31.5. The largest absolute Gasteiger partial charge is 0.411 e. The molecule has 0 spiro atoms. The van der Waals surface area contributed by atoms with Gasteiger partial charge in [0.2, 0.25) is 0 Å². The van der Waals surface area contributed by atoms with E-state index in [0.717, 1.165) is 29.5 Å². The van der Waals surface area contributed by atoms with Crippen LogP contribution >= 0.6 is 0 Å². The average molecular weight is 931 g/mol. The summed E-state index contributed by atoms with van der Waals surface area (Å²) in [6.07, 6.45) is -0.840. The second-order valence-electron chi connectivity index (χ2n) is 21.9. The molecule has 0 aromatic heterocycles. The van der Waals surface area contributed by atoms with E-state index in [2.05, 4.69) is 84.1 Å². The van der Waals surface area contributed by atoms with Crippen molar-refractivity contribution in [3.8, 4) is 0 Å². The first kappa shape index (κ1) is 49.8. The molecule has 0 aliphatic carbocycles. The lowest BCUT2D eigenvalue weighted by atomic mass is 9.80. The molecule has 0 unspecified atom stereocenters. The summed E-state index contributed by atoms with van der Waals surface area (Å²) in [5, 5.41) is 11.0. The van der Waals surface area contributed by atoms with Crippen LogP contribution in [0.5, 0.6) is 0 Å². The topological polar surface area (TPSA) is 113 Å². The smallest absolute Gasteiger partial charge is 0.192 e. The van der Waals surface area contributed by atoms with E-state index < -0.39 is 62.4 Å². The highest BCUT2D eigenvalue weighted by molar-refractivity contribution is 6.74. The molecule has 14 atom stereocenters. The first-order valence-electron chi connectivity index (χ1n) is 24.7. The molecule has 0 radical (unpaired) electrons. The molecule has 1 N–H and O–H groups in total. The Kier molecular flexibility index (Phi) is 16.0. The Bertz CT molecular complexity index is 1950. The molecule has 5 aliphatic rings. The van der Waals surface area contributed by atoms with Gasteiger partial charge in [0.1, 0.15) is 17.8 Å². The van der Waals surface area contributed by atoms with Crippen LogP contribution in [0.3, 0.4) is 0 Å². The van der Waals surface area contributed by atoms with Crippen molar-refractivity contribution in [2.75, 3.05) is 13.2 Å². The van der Waals surface area contributed by atoms with Crippen LogP contribution in [0.2, 0.25) is 18.1 Å². The van der Waals surface area contributed by atoms with Crippen molar-refractivity contribution in [3.63, 3.8) is 0 Å². The van der Waals surface area contributed by atoms with E-state index in [1.165, 1.54) is 0 Å². The molecular formula is C54H78O11Si. The van der Waals surface area contributed by atoms with E-state index in [4.69, 9.17) is 47.1 Å². The van der Waals surface area contributed by atoms with Crippen LogP contribution < -0.4 is 0 Å². The van der Waals surface area contributed by atoms with Gasteiger partial charge >= 0.3 is 0 Å². The van der Waals surface area contributed by atoms with Gasteiger partial charge in [0, 0.05) is 25.7 Å². The molecular weight excluding hydrogens is 853 g/mol. The van der Waals surface area contributed by atoms with E-state index in [9.17, 15) is 5.11 Å². The lowest BCUT2D eigenvalue weighted by Crippen LogP contribution is -2.63. The predicted octanol–water partition coefficient (Wildman–Crippen LogP) is 9.71. The van der Waals surface area contributed by atoms with Gasteiger partial charge in [-0.25, -0.2) is 0 Å². The fraction of sp³-hybridized carbons (Fsp3) is 0.667. The summed E-state index contributed by atoms with van der Waals surface area (Å²) in [4.78, 5) is 0. The van der Waals surface area contributed by atoms with Crippen LogP contribution in [0.4, 0.5) is 0 Å². The second kappa shape index (κ2) is 21.2. The number of benzene rings is 3. The van der Waals surface area contributed by atoms with Gasteiger partial charge in [0.15, 0.2) is 14.1 Å². The van der Waals surface area contributed by atoms with Crippen molar-refractivity contribution in [1.29, 1.82) is 0 Å². The summed E-state index contributed by atoms with van der Waals surface area (Å²) in [5.74, 6) is -0.548. The molecule has 5 saturated heterocycles. The molecule has 3 aromatic rings. The molecule has 5 heterocycles. The third-order valence-corrected chi connectivity index (χ3v) is 19.7. The number of hydrogen-bond donors (Lipinski definition) is 1. The Morgan fingerprint density at radius 1 is 0.591 bits per heavy atom. The molecule has 364 valence electrons. The molecule has 12 heteroatoms. The zero-order chi connectivity index (χ0) is 46.7. The summed E-state index contributed by atoms with van der Waals surface area (Å²) in [7, 11) is -2.19. The Balaban J connectivity index is 1.14. The molecule has 66 heavy (non-hydrogen) atoms. The Morgan fingerprint density at radius 3 is 1.73 bits per heavy atom. The number of hydrogen-bond acceptors (Lipinski definition) is 11. The van der Waals surface area contributed by atoms with Crippen molar-refractivity contribution < 1.29 is 52.2 Å². The molecule has 0 bridgehead atoms. The van der Waals surface area contributed by atoms with Gasteiger partial charge in [-0.05, 0) is 74.4 Å². The number of ether oxygens (including phenoxy) is 9. The van der Waals surface area contributed by atoms with Gasteiger partial charge in [-0.2, -0.15) is 0 Å². The van der Waals surface area contributed by atoms with Gasteiger partial charge in [0.05, 0.1) is 94.1 Å². The normalized spacial score (nSPS) is 36.2. The maximum atomic E-state index is 11.0. The van der Waals surface area contributed by atoms with Gasteiger partial charge in [-0.3, -0.25) is 0 Å². The third kappa shape index (κ3) is 12.1. The van der Waals surface area contributed by atoms with Crippen LogP contribution in [0.25, 0.3) is 0 Å². The van der Waals surface area contributed by atoms with Crippen molar-refractivity contribution in [1.82, 2.24) is 0 Å². The third-order valence-electron chi connectivity index (χ3n) is 15.2. The van der Waals surface area contributed by atoms with Gasteiger partial charge in [-0.15, -0.1) is 0 Å². The minimum absolute atomic E-state index is 0.0122. The lowest BCUT2D eigenvalue weighted by Gasteiger charge is -2.52. The minimum atomic E-state index is -2.19. The second-order valence-corrected chi connectivity index (χ2v) is 26.6. The summed E-state index contributed by atoms with van der Waals surface area (Å²) in [6, 6.07) is 30.8. The summed E-state index contributed by atoms with van der Waals surface area (Å²) in [6.45, 7) is 21.1. The van der Waals surface area contributed by atoms with Crippen LogP contribution in [0, 0.1) is 5.92 Å².